The van der Waals surface area contributed by atoms with Crippen molar-refractivity contribution < 1.29 is 18.5 Å². The smallest absolute Gasteiger partial charge is 0.358 e. The number of amides is 1. The summed E-state index contributed by atoms with van der Waals surface area (Å²) in [4.78, 5) is 22.8. The first-order valence-corrected chi connectivity index (χ1v) is 7.88. The van der Waals surface area contributed by atoms with Crippen LogP contribution in [0.4, 0.5) is 20.3 Å². The molecule has 3 aromatic rings. The van der Waals surface area contributed by atoms with Gasteiger partial charge in [0.05, 0.1) is 29.1 Å². The molecule has 0 saturated carbocycles. The van der Waals surface area contributed by atoms with Crippen LogP contribution >= 0.6 is 0 Å². The second-order valence-electron chi connectivity index (χ2n) is 5.79. The van der Waals surface area contributed by atoms with Gasteiger partial charge < -0.3 is 15.4 Å². The number of rotatable bonds is 5. The number of aryl methyl sites for hydroxylation is 1. The van der Waals surface area contributed by atoms with Gasteiger partial charge in [-0.2, -0.15) is 4.68 Å². The molecule has 0 fully saturated rings. The minimum Gasteiger partial charge on any atom is -0.358 e. The van der Waals surface area contributed by atoms with Gasteiger partial charge in [0, 0.05) is 11.6 Å². The van der Waals surface area contributed by atoms with Gasteiger partial charge in [-0.25, -0.2) is 8.78 Å². The lowest BCUT2D eigenvalue weighted by Crippen LogP contribution is -2.17. The maximum atomic E-state index is 13.8. The van der Waals surface area contributed by atoms with E-state index in [1.807, 2.05) is 0 Å². The standard InChI is InChI=1S/C18H14F2N4O3/c1-11-8-17(24(26)27)22-23(11)10-12-4-2-3-5-14(12)18(25)21-16-9-13(19)6-7-15(16)20/h2-9H,10H2,1H3,(H,21,25). The van der Waals surface area contributed by atoms with Crippen molar-refractivity contribution in [2.45, 2.75) is 13.5 Å². The maximum absolute atomic E-state index is 13.8. The van der Waals surface area contributed by atoms with Gasteiger partial charge in [0.1, 0.15) is 11.6 Å². The van der Waals surface area contributed by atoms with E-state index in [1.54, 1.807) is 25.1 Å². The average molecular weight is 372 g/mol. The van der Waals surface area contributed by atoms with E-state index in [9.17, 15) is 23.7 Å². The van der Waals surface area contributed by atoms with Crippen molar-refractivity contribution in [2.75, 3.05) is 5.32 Å². The van der Waals surface area contributed by atoms with Crippen molar-refractivity contribution in [1.82, 2.24) is 9.78 Å². The predicted molar refractivity (Wildman–Crippen MR) is 93.5 cm³/mol. The van der Waals surface area contributed by atoms with E-state index in [2.05, 4.69) is 10.4 Å². The largest absolute Gasteiger partial charge is 0.390 e. The number of nitro groups is 1. The summed E-state index contributed by atoms with van der Waals surface area (Å²) in [5.74, 6) is -2.37. The fraction of sp³-hybridized carbons (Fsp3) is 0.111. The van der Waals surface area contributed by atoms with Crippen LogP contribution in [0.1, 0.15) is 21.6 Å². The van der Waals surface area contributed by atoms with E-state index in [0.29, 0.717) is 11.3 Å². The zero-order chi connectivity index (χ0) is 19.6. The highest BCUT2D eigenvalue weighted by atomic mass is 19.1. The lowest BCUT2D eigenvalue weighted by atomic mass is 10.1. The van der Waals surface area contributed by atoms with Crippen molar-refractivity contribution in [1.29, 1.82) is 0 Å². The SMILES string of the molecule is Cc1cc([N+](=O)[O-])nn1Cc1ccccc1C(=O)Nc1cc(F)ccc1F. The number of nitrogens with zero attached hydrogens (tertiary/aromatic N) is 3. The number of hydrogen-bond acceptors (Lipinski definition) is 4. The fourth-order valence-electron chi connectivity index (χ4n) is 2.57. The van der Waals surface area contributed by atoms with E-state index in [-0.39, 0.29) is 23.6 Å². The number of nitrogens with one attached hydrogen (secondary N) is 1. The van der Waals surface area contributed by atoms with Crippen molar-refractivity contribution in [3.05, 3.63) is 87.1 Å². The second kappa shape index (κ2) is 7.32. The van der Waals surface area contributed by atoms with E-state index in [0.717, 1.165) is 18.2 Å². The van der Waals surface area contributed by atoms with Gasteiger partial charge >= 0.3 is 5.82 Å². The minimum absolute atomic E-state index is 0.106. The highest BCUT2D eigenvalue weighted by molar-refractivity contribution is 6.05. The highest BCUT2D eigenvalue weighted by Gasteiger charge is 2.19. The van der Waals surface area contributed by atoms with E-state index in [1.165, 1.54) is 16.8 Å². The molecule has 27 heavy (non-hydrogen) atoms. The summed E-state index contributed by atoms with van der Waals surface area (Å²) in [5.41, 5.74) is 1.01. The molecule has 0 aliphatic rings. The van der Waals surface area contributed by atoms with Gasteiger partial charge in [0.25, 0.3) is 5.91 Å². The van der Waals surface area contributed by atoms with Crippen molar-refractivity contribution >= 4 is 17.4 Å². The van der Waals surface area contributed by atoms with E-state index >= 15 is 0 Å². The molecule has 0 aliphatic heterocycles. The van der Waals surface area contributed by atoms with Crippen molar-refractivity contribution in [3.8, 4) is 0 Å². The van der Waals surface area contributed by atoms with Crippen LogP contribution in [0, 0.1) is 28.7 Å². The molecule has 9 heteroatoms. The molecule has 1 amide bonds. The van der Waals surface area contributed by atoms with Gasteiger partial charge in [-0.3, -0.25) is 4.79 Å². The lowest BCUT2D eigenvalue weighted by Gasteiger charge is -2.10. The molecule has 2 aromatic carbocycles. The Hall–Kier alpha value is -3.62. The van der Waals surface area contributed by atoms with Crippen LogP contribution < -0.4 is 5.32 Å². The fourth-order valence-corrected chi connectivity index (χ4v) is 2.57. The highest BCUT2D eigenvalue weighted by Crippen LogP contribution is 2.19. The van der Waals surface area contributed by atoms with Gasteiger partial charge in [-0.1, -0.05) is 18.2 Å². The van der Waals surface area contributed by atoms with Gasteiger partial charge in [0.15, 0.2) is 0 Å². The topological polar surface area (TPSA) is 90.1 Å². The molecule has 1 N–H and O–H groups in total. The molecule has 0 radical (unpaired) electrons. The molecule has 0 spiro atoms. The quantitative estimate of drug-likeness (QED) is 0.546. The summed E-state index contributed by atoms with van der Waals surface area (Å²) in [6, 6.07) is 10.6. The Labute approximate surface area is 152 Å². The first kappa shape index (κ1) is 18.2. The number of benzene rings is 2. The molecule has 0 aliphatic carbocycles. The summed E-state index contributed by atoms with van der Waals surface area (Å²) in [5, 5.41) is 17.1. The maximum Gasteiger partial charge on any atom is 0.390 e. The van der Waals surface area contributed by atoms with E-state index in [4.69, 9.17) is 0 Å². The molecule has 0 atom stereocenters. The number of hydrogen-bond donors (Lipinski definition) is 1. The molecule has 0 bridgehead atoms. The van der Waals surface area contributed by atoms with Crippen LogP contribution in [0.2, 0.25) is 0 Å². The zero-order valence-corrected chi connectivity index (χ0v) is 14.1. The third-order valence-corrected chi connectivity index (χ3v) is 3.91. The number of aromatic nitrogens is 2. The van der Waals surface area contributed by atoms with Crippen molar-refractivity contribution in [2.24, 2.45) is 0 Å². The van der Waals surface area contributed by atoms with Crippen LogP contribution in [0.5, 0.6) is 0 Å². The third-order valence-electron chi connectivity index (χ3n) is 3.91. The minimum atomic E-state index is -0.763. The first-order valence-electron chi connectivity index (χ1n) is 7.88. The van der Waals surface area contributed by atoms with Crippen LogP contribution in [0.25, 0.3) is 0 Å². The Bertz CT molecular complexity index is 1030. The third kappa shape index (κ3) is 3.97. The zero-order valence-electron chi connectivity index (χ0n) is 14.1. The molecule has 0 saturated heterocycles. The predicted octanol–water partition coefficient (Wildman–Crippen LogP) is 3.68. The number of carbonyl (C=O) groups excluding carboxylic acids is 1. The summed E-state index contributed by atoms with van der Waals surface area (Å²) < 4.78 is 28.5. The summed E-state index contributed by atoms with van der Waals surface area (Å²) in [6.45, 7) is 1.76. The van der Waals surface area contributed by atoms with Gasteiger partial charge in [-0.05, 0) is 35.6 Å². The molecule has 7 nitrogen and oxygen atoms in total. The van der Waals surface area contributed by atoms with Crippen LogP contribution in [-0.4, -0.2) is 20.6 Å². The molecular weight excluding hydrogens is 358 g/mol. The van der Waals surface area contributed by atoms with E-state index < -0.39 is 22.5 Å². The average Bonchev–Trinajstić information content (AvgIpc) is 2.99. The Morgan fingerprint density at radius 2 is 1.96 bits per heavy atom. The summed E-state index contributed by atoms with van der Waals surface area (Å²) >= 11 is 0. The Morgan fingerprint density at radius 3 is 2.67 bits per heavy atom. The molecule has 0 unspecified atom stereocenters. The number of anilines is 1. The monoisotopic (exact) mass is 372 g/mol. The summed E-state index contributed by atoms with van der Waals surface area (Å²) in [7, 11) is 0. The van der Waals surface area contributed by atoms with Crippen LogP contribution in [-0.2, 0) is 6.54 Å². The molecule has 1 aromatic heterocycles. The lowest BCUT2D eigenvalue weighted by molar-refractivity contribution is -0.389. The first-order chi connectivity index (χ1) is 12.8. The van der Waals surface area contributed by atoms with Crippen LogP contribution in [0.3, 0.4) is 0 Å². The Balaban J connectivity index is 1.88. The summed E-state index contributed by atoms with van der Waals surface area (Å²) in [6.07, 6.45) is 0. The Morgan fingerprint density at radius 1 is 1.22 bits per heavy atom. The molecule has 138 valence electrons. The second-order valence-corrected chi connectivity index (χ2v) is 5.79. The number of halogens is 2. The van der Waals surface area contributed by atoms with Crippen molar-refractivity contribution in [3.63, 3.8) is 0 Å². The number of carbonyl (C=O) groups is 1. The molecule has 3 rings (SSSR count). The normalized spacial score (nSPS) is 10.6. The van der Waals surface area contributed by atoms with Gasteiger partial charge in [-0.15, -0.1) is 0 Å². The molecule has 1 heterocycles. The van der Waals surface area contributed by atoms with Crippen LogP contribution in [0.15, 0.2) is 48.5 Å². The Kier molecular flexibility index (Phi) is 4.93. The van der Waals surface area contributed by atoms with Gasteiger partial charge in [0.2, 0.25) is 0 Å². The molecular formula is C18H14F2N4O3.